The molecule has 2 amide bonds. The number of para-hydroxylation sites is 1. The van der Waals surface area contributed by atoms with Gasteiger partial charge in [0.15, 0.2) is 0 Å². The van der Waals surface area contributed by atoms with Gasteiger partial charge in [0.05, 0.1) is 27.4 Å². The summed E-state index contributed by atoms with van der Waals surface area (Å²) in [5.41, 5.74) is 1.06. The van der Waals surface area contributed by atoms with Crippen molar-refractivity contribution in [1.82, 2.24) is 0 Å². The third-order valence-electron chi connectivity index (χ3n) is 6.44. The molecule has 1 aliphatic heterocycles. The molecular weight excluding hydrogens is 414 g/mol. The van der Waals surface area contributed by atoms with Gasteiger partial charge in [-0.05, 0) is 60.9 Å². The molecule has 1 fully saturated rings. The molecule has 1 saturated carbocycles. The second kappa shape index (κ2) is 8.46. The van der Waals surface area contributed by atoms with Gasteiger partial charge >= 0.3 is 5.97 Å². The van der Waals surface area contributed by atoms with Gasteiger partial charge in [-0.1, -0.05) is 50.9 Å². The minimum absolute atomic E-state index is 0.138. The first-order valence-corrected chi connectivity index (χ1v) is 11.1. The topological polar surface area (TPSA) is 63.7 Å². The Hall–Kier alpha value is -2.66. The summed E-state index contributed by atoms with van der Waals surface area (Å²) in [5, 5.41) is 0.308. The van der Waals surface area contributed by atoms with Crippen molar-refractivity contribution in [3.63, 3.8) is 0 Å². The maximum absolute atomic E-state index is 13.0. The number of hydrogen-bond acceptors (Lipinski definition) is 4. The first kappa shape index (κ1) is 21.6. The van der Waals surface area contributed by atoms with Crippen LogP contribution in [-0.4, -0.2) is 23.9 Å². The minimum atomic E-state index is -0.492. The highest BCUT2D eigenvalue weighted by molar-refractivity contribution is 6.39. The molecule has 31 heavy (non-hydrogen) atoms. The van der Waals surface area contributed by atoms with Crippen molar-refractivity contribution in [3.8, 4) is 0 Å². The molecule has 4 rings (SSSR count). The van der Waals surface area contributed by atoms with Crippen molar-refractivity contribution in [1.29, 1.82) is 0 Å². The molecule has 3 atom stereocenters. The smallest absolute Gasteiger partial charge is 0.338 e. The number of carbonyl (C=O) groups excluding carboxylic acids is 3. The Morgan fingerprint density at radius 2 is 1.77 bits per heavy atom. The fourth-order valence-electron chi connectivity index (χ4n) is 4.68. The summed E-state index contributed by atoms with van der Waals surface area (Å²) in [5.74, 6) is -0.134. The van der Waals surface area contributed by atoms with Crippen molar-refractivity contribution in [2.24, 2.45) is 17.8 Å². The van der Waals surface area contributed by atoms with Crippen molar-refractivity contribution >= 4 is 35.1 Å². The van der Waals surface area contributed by atoms with Crippen LogP contribution in [0, 0.1) is 17.8 Å². The number of rotatable bonds is 4. The minimum Gasteiger partial charge on any atom is -0.458 e. The van der Waals surface area contributed by atoms with Crippen LogP contribution >= 0.6 is 11.6 Å². The van der Waals surface area contributed by atoms with Crippen LogP contribution in [0.4, 0.5) is 5.69 Å². The molecule has 2 aromatic carbocycles. The van der Waals surface area contributed by atoms with E-state index in [1.165, 1.54) is 12.1 Å². The molecule has 2 aliphatic rings. The van der Waals surface area contributed by atoms with Crippen molar-refractivity contribution in [2.45, 2.75) is 46.1 Å². The zero-order valence-electron chi connectivity index (χ0n) is 17.9. The van der Waals surface area contributed by atoms with Gasteiger partial charge in [0.2, 0.25) is 0 Å². The van der Waals surface area contributed by atoms with Gasteiger partial charge in [0.25, 0.3) is 11.8 Å². The van der Waals surface area contributed by atoms with E-state index in [0.717, 1.165) is 24.2 Å². The van der Waals surface area contributed by atoms with Gasteiger partial charge in [-0.25, -0.2) is 9.69 Å². The molecule has 0 bridgehead atoms. The second-order valence-electron chi connectivity index (χ2n) is 8.93. The molecule has 5 nitrogen and oxygen atoms in total. The van der Waals surface area contributed by atoms with Gasteiger partial charge in [-0.2, -0.15) is 0 Å². The first-order chi connectivity index (χ1) is 14.8. The molecule has 162 valence electrons. The van der Waals surface area contributed by atoms with Gasteiger partial charge in [-0.15, -0.1) is 0 Å². The van der Waals surface area contributed by atoms with Crippen LogP contribution in [0.5, 0.6) is 0 Å². The van der Waals surface area contributed by atoms with Crippen LogP contribution in [0.1, 0.15) is 71.1 Å². The molecule has 0 spiro atoms. The number of fused-ring (bicyclic) bond motifs is 1. The van der Waals surface area contributed by atoms with E-state index in [1.54, 1.807) is 30.3 Å². The first-order valence-electron chi connectivity index (χ1n) is 10.8. The molecule has 0 saturated heterocycles. The zero-order valence-corrected chi connectivity index (χ0v) is 18.7. The summed E-state index contributed by atoms with van der Waals surface area (Å²) < 4.78 is 5.90. The van der Waals surface area contributed by atoms with E-state index < -0.39 is 17.8 Å². The molecule has 0 radical (unpaired) electrons. The van der Waals surface area contributed by atoms with E-state index in [9.17, 15) is 14.4 Å². The summed E-state index contributed by atoms with van der Waals surface area (Å²) in [7, 11) is 0. The fraction of sp³-hybridized carbons (Fsp3) is 0.400. The lowest BCUT2D eigenvalue weighted by Gasteiger charge is -2.36. The maximum atomic E-state index is 13.0. The lowest BCUT2D eigenvalue weighted by Crippen LogP contribution is -2.35. The Morgan fingerprint density at radius 1 is 1.06 bits per heavy atom. The van der Waals surface area contributed by atoms with Crippen molar-refractivity contribution < 1.29 is 19.1 Å². The molecule has 0 aromatic heterocycles. The third-order valence-corrected chi connectivity index (χ3v) is 6.75. The van der Waals surface area contributed by atoms with E-state index in [0.29, 0.717) is 28.5 Å². The lowest BCUT2D eigenvalue weighted by atomic mass is 9.75. The van der Waals surface area contributed by atoms with Crippen LogP contribution in [0.3, 0.4) is 0 Å². The lowest BCUT2D eigenvalue weighted by molar-refractivity contribution is -0.0174. The normalized spacial score (nSPS) is 23.3. The average Bonchev–Trinajstić information content (AvgIpc) is 2.98. The molecule has 3 unspecified atom stereocenters. The molecule has 0 N–H and O–H groups in total. The molecule has 6 heteroatoms. The summed E-state index contributed by atoms with van der Waals surface area (Å²) in [4.78, 5) is 39.8. The number of anilines is 1. The number of hydrogen-bond donors (Lipinski definition) is 0. The summed E-state index contributed by atoms with van der Waals surface area (Å²) in [6, 6.07) is 11.2. The molecular formula is C25H26ClNO4. The van der Waals surface area contributed by atoms with Crippen LogP contribution < -0.4 is 4.90 Å². The number of carbonyl (C=O) groups is 3. The number of amides is 2. The largest absolute Gasteiger partial charge is 0.458 e. The summed E-state index contributed by atoms with van der Waals surface area (Å²) >= 11 is 6.20. The van der Waals surface area contributed by atoms with E-state index in [4.69, 9.17) is 16.3 Å². The van der Waals surface area contributed by atoms with Gasteiger partial charge in [0, 0.05) is 0 Å². The predicted molar refractivity (Wildman–Crippen MR) is 120 cm³/mol. The fourth-order valence-corrected chi connectivity index (χ4v) is 4.90. The van der Waals surface area contributed by atoms with E-state index in [2.05, 4.69) is 20.8 Å². The molecule has 1 heterocycles. The van der Waals surface area contributed by atoms with E-state index in [1.807, 2.05) is 0 Å². The third kappa shape index (κ3) is 3.99. The van der Waals surface area contributed by atoms with Crippen molar-refractivity contribution in [3.05, 3.63) is 64.2 Å². The quantitative estimate of drug-likeness (QED) is 0.449. The summed E-state index contributed by atoms with van der Waals surface area (Å²) in [6.45, 7) is 6.50. The molecule has 1 aliphatic carbocycles. The number of imide groups is 1. The maximum Gasteiger partial charge on any atom is 0.338 e. The second-order valence-corrected chi connectivity index (χ2v) is 9.33. The summed E-state index contributed by atoms with van der Waals surface area (Å²) in [6.07, 6.45) is 2.89. The Kier molecular flexibility index (Phi) is 5.89. The Labute approximate surface area is 187 Å². The zero-order chi connectivity index (χ0) is 22.3. The number of benzene rings is 2. The average molecular weight is 440 g/mol. The van der Waals surface area contributed by atoms with E-state index >= 15 is 0 Å². The number of esters is 1. The standard InChI is InChI=1S/C25H26ClNO4/c1-14(2)17-10-8-15(3)12-22(17)31-25(30)16-9-11-18-19(13-16)24(29)27(23(18)28)21-7-5-4-6-20(21)26/h4-7,9,11,13-15,17,22H,8,10,12H2,1-3H3. The van der Waals surface area contributed by atoms with Crippen LogP contribution in [-0.2, 0) is 4.74 Å². The van der Waals surface area contributed by atoms with Gasteiger partial charge in [-0.3, -0.25) is 9.59 Å². The highest BCUT2D eigenvalue weighted by Gasteiger charge is 2.39. The highest BCUT2D eigenvalue weighted by Crippen LogP contribution is 2.37. The van der Waals surface area contributed by atoms with Gasteiger partial charge < -0.3 is 4.74 Å². The highest BCUT2D eigenvalue weighted by atomic mass is 35.5. The number of ether oxygens (including phenoxy) is 1. The Balaban J connectivity index is 1.58. The van der Waals surface area contributed by atoms with Crippen LogP contribution in [0.15, 0.2) is 42.5 Å². The van der Waals surface area contributed by atoms with Crippen LogP contribution in [0.25, 0.3) is 0 Å². The van der Waals surface area contributed by atoms with Gasteiger partial charge in [0.1, 0.15) is 6.10 Å². The number of nitrogens with zero attached hydrogens (tertiary/aromatic N) is 1. The monoisotopic (exact) mass is 439 g/mol. The van der Waals surface area contributed by atoms with Crippen LogP contribution in [0.2, 0.25) is 5.02 Å². The molecule has 2 aromatic rings. The van der Waals surface area contributed by atoms with Crippen molar-refractivity contribution in [2.75, 3.05) is 4.90 Å². The Bertz CT molecular complexity index is 1050. The predicted octanol–water partition coefficient (Wildman–Crippen LogP) is 5.76. The van der Waals surface area contributed by atoms with E-state index in [-0.39, 0.29) is 22.8 Å². The Morgan fingerprint density at radius 3 is 2.48 bits per heavy atom. The number of halogens is 1. The SMILES string of the molecule is CC1CCC(C(C)C)C(OC(=O)c2ccc3c(c2)C(=O)N(c2ccccc2Cl)C3=O)C1.